The maximum atomic E-state index is 2.48. The average molecular weight is 839 g/mol. The van der Waals surface area contributed by atoms with Crippen LogP contribution in [0.2, 0.25) is 0 Å². The minimum absolute atomic E-state index is 0.420. The molecule has 0 saturated carbocycles. The Balaban J connectivity index is 1.03. The first-order valence-electron chi connectivity index (χ1n) is 21.5. The Labute approximate surface area is 375 Å². The Morgan fingerprint density at radius 3 is 1.49 bits per heavy atom. The lowest BCUT2D eigenvalue weighted by Crippen LogP contribution is -2.31. The molecule has 11 aromatic rings. The van der Waals surface area contributed by atoms with Crippen molar-refractivity contribution in [3.63, 3.8) is 0 Å². The van der Waals surface area contributed by atoms with Crippen molar-refractivity contribution in [2.45, 2.75) is 15.2 Å². The number of fused-ring (bicyclic) bond motifs is 14. The zero-order chi connectivity index (χ0) is 41.5. The fourth-order valence-corrected chi connectivity index (χ4v) is 12.9. The second-order valence-corrected chi connectivity index (χ2v) is 18.5. The van der Waals surface area contributed by atoms with E-state index >= 15 is 0 Å². The lowest BCUT2D eigenvalue weighted by molar-refractivity contribution is 0.722. The van der Waals surface area contributed by atoms with Crippen LogP contribution in [-0.2, 0) is 5.41 Å². The van der Waals surface area contributed by atoms with Gasteiger partial charge < -0.3 is 9.80 Å². The highest BCUT2D eigenvalue weighted by Crippen LogP contribution is 2.63. The van der Waals surface area contributed by atoms with Crippen LogP contribution in [0.5, 0.6) is 0 Å². The van der Waals surface area contributed by atoms with Crippen LogP contribution in [-0.4, -0.2) is 0 Å². The molecule has 1 spiro atoms. The third-order valence-electron chi connectivity index (χ3n) is 13.1. The first-order valence-corrected chi connectivity index (χ1v) is 23.1. The van der Waals surface area contributed by atoms with Crippen LogP contribution in [0.1, 0.15) is 22.3 Å². The van der Waals surface area contributed by atoms with E-state index in [1.807, 2.05) is 23.1 Å². The maximum absolute atomic E-state index is 2.48. The number of rotatable bonds is 6. The smallest absolute Gasteiger partial charge is 0.0735 e. The molecule has 0 atom stereocenters. The van der Waals surface area contributed by atoms with E-state index in [-0.39, 0.29) is 0 Å². The normalized spacial score (nSPS) is 13.1. The summed E-state index contributed by atoms with van der Waals surface area (Å²) in [6.07, 6.45) is 0. The van der Waals surface area contributed by atoms with Gasteiger partial charge in [0.2, 0.25) is 0 Å². The highest BCUT2D eigenvalue weighted by Gasteiger charge is 2.50. The Bertz CT molecular complexity index is 3480. The second kappa shape index (κ2) is 14.4. The average Bonchev–Trinajstić information content (AvgIpc) is 3.86. The molecule has 1 aromatic heterocycles. The Kier molecular flexibility index (Phi) is 8.27. The molecule has 10 aromatic carbocycles. The summed E-state index contributed by atoms with van der Waals surface area (Å²) in [5.41, 5.74) is 14.4. The predicted molar refractivity (Wildman–Crippen MR) is 268 cm³/mol. The van der Waals surface area contributed by atoms with E-state index in [2.05, 4.69) is 240 Å². The van der Waals surface area contributed by atoms with Gasteiger partial charge in [0, 0.05) is 69.2 Å². The van der Waals surface area contributed by atoms with E-state index in [1.165, 1.54) is 74.1 Å². The molecule has 0 bridgehead atoms. The zero-order valence-electron chi connectivity index (χ0n) is 34.2. The molecular formula is C59H38N2S2. The Morgan fingerprint density at radius 1 is 0.317 bits per heavy atom. The molecule has 0 fully saturated rings. The lowest BCUT2D eigenvalue weighted by Gasteiger charge is -2.39. The molecule has 0 N–H and O–H groups in total. The molecular weight excluding hydrogens is 801 g/mol. The predicted octanol–water partition coefficient (Wildman–Crippen LogP) is 17.0. The summed E-state index contributed by atoms with van der Waals surface area (Å²) in [6, 6.07) is 85.1. The first kappa shape index (κ1) is 36.3. The quantitative estimate of drug-likeness (QED) is 0.165. The van der Waals surface area contributed by atoms with Gasteiger partial charge in [-0.3, -0.25) is 0 Å². The van der Waals surface area contributed by atoms with Crippen molar-refractivity contribution in [1.29, 1.82) is 0 Å². The molecule has 63 heavy (non-hydrogen) atoms. The van der Waals surface area contributed by atoms with Crippen molar-refractivity contribution in [3.8, 4) is 11.1 Å². The van der Waals surface area contributed by atoms with Gasteiger partial charge in [0.15, 0.2) is 0 Å². The summed E-state index contributed by atoms with van der Waals surface area (Å²) < 4.78 is 2.57. The number of anilines is 6. The van der Waals surface area contributed by atoms with Gasteiger partial charge in [0.05, 0.1) is 11.1 Å². The van der Waals surface area contributed by atoms with Crippen LogP contribution >= 0.6 is 23.1 Å². The van der Waals surface area contributed by atoms with E-state index < -0.39 is 5.41 Å². The molecule has 2 nitrogen and oxygen atoms in total. The monoisotopic (exact) mass is 838 g/mol. The Hall–Kier alpha value is -7.37. The molecule has 0 unspecified atom stereocenters. The molecule has 4 heteroatoms. The van der Waals surface area contributed by atoms with Crippen LogP contribution in [0.15, 0.2) is 240 Å². The summed E-state index contributed by atoms with van der Waals surface area (Å²) in [4.78, 5) is 7.47. The van der Waals surface area contributed by atoms with E-state index in [1.54, 1.807) is 0 Å². The summed E-state index contributed by atoms with van der Waals surface area (Å²) in [5, 5.41) is 5.01. The summed E-state index contributed by atoms with van der Waals surface area (Å²) in [5.74, 6) is 0. The SMILES string of the molecule is c1ccc(N(c2ccccc2)c2ccc3c(c2)sc2c4ccccc4c(N(c4ccccc4)c4ccc5c(c4)-c4ccccc4C54c5ccccc5Sc5ccccc54)cc32)cc1. The molecule has 0 saturated heterocycles. The van der Waals surface area contributed by atoms with Gasteiger partial charge in [-0.25, -0.2) is 0 Å². The van der Waals surface area contributed by atoms with E-state index in [9.17, 15) is 0 Å². The highest BCUT2D eigenvalue weighted by molar-refractivity contribution is 7.99. The van der Waals surface area contributed by atoms with Crippen LogP contribution in [0.3, 0.4) is 0 Å². The van der Waals surface area contributed by atoms with Crippen molar-refractivity contribution in [2.24, 2.45) is 0 Å². The van der Waals surface area contributed by atoms with Gasteiger partial charge in [0.25, 0.3) is 0 Å². The van der Waals surface area contributed by atoms with E-state index in [0.717, 1.165) is 34.1 Å². The second-order valence-electron chi connectivity index (χ2n) is 16.4. The fraction of sp³-hybridized carbons (Fsp3) is 0.0169. The number of thiophene rings is 1. The van der Waals surface area contributed by atoms with Crippen LogP contribution in [0, 0.1) is 0 Å². The maximum Gasteiger partial charge on any atom is 0.0735 e. The van der Waals surface area contributed by atoms with Gasteiger partial charge in [-0.05, 0) is 112 Å². The van der Waals surface area contributed by atoms with E-state index in [0.29, 0.717) is 0 Å². The lowest BCUT2D eigenvalue weighted by atomic mass is 9.67. The third-order valence-corrected chi connectivity index (χ3v) is 15.4. The van der Waals surface area contributed by atoms with Gasteiger partial charge in [-0.2, -0.15) is 0 Å². The van der Waals surface area contributed by atoms with Gasteiger partial charge in [-0.1, -0.05) is 163 Å². The van der Waals surface area contributed by atoms with Crippen LogP contribution < -0.4 is 9.80 Å². The third kappa shape index (κ3) is 5.45. The minimum Gasteiger partial charge on any atom is -0.310 e. The standard InChI is InChI=1S/C59H38N2S2/c1-4-18-39(19-5-1)60(40-20-6-2-7-21-40)43-32-34-46-49-38-54(45-25-10-11-26-47(45)58(49)63-57(46)37-43)61(41-22-8-3-9-23-41)42-33-35-51-48(36-42)44-24-12-13-27-50(44)59(51)52-28-14-16-30-55(52)62-56-31-17-15-29-53(56)59/h1-38H. The van der Waals surface area contributed by atoms with Gasteiger partial charge in [0.1, 0.15) is 0 Å². The number of benzene rings is 10. The molecule has 0 amide bonds. The Morgan fingerprint density at radius 2 is 0.825 bits per heavy atom. The fourth-order valence-electron chi connectivity index (χ4n) is 10.5. The van der Waals surface area contributed by atoms with Crippen LogP contribution in [0.25, 0.3) is 42.1 Å². The van der Waals surface area contributed by atoms with Crippen molar-refractivity contribution in [1.82, 2.24) is 0 Å². The molecule has 0 radical (unpaired) electrons. The number of para-hydroxylation sites is 3. The minimum atomic E-state index is -0.420. The summed E-state index contributed by atoms with van der Waals surface area (Å²) in [6.45, 7) is 0. The number of hydrogen-bond acceptors (Lipinski definition) is 4. The molecule has 1 aliphatic heterocycles. The molecule has 13 rings (SSSR count). The first-order chi connectivity index (χ1) is 31.3. The van der Waals surface area contributed by atoms with Crippen molar-refractivity contribution < 1.29 is 0 Å². The largest absolute Gasteiger partial charge is 0.310 e. The van der Waals surface area contributed by atoms with Crippen LogP contribution in [0.4, 0.5) is 34.1 Å². The highest BCUT2D eigenvalue weighted by atomic mass is 32.2. The van der Waals surface area contributed by atoms with Crippen molar-refractivity contribution >= 4 is 88.2 Å². The summed E-state index contributed by atoms with van der Waals surface area (Å²) in [7, 11) is 0. The van der Waals surface area contributed by atoms with E-state index in [4.69, 9.17) is 0 Å². The topological polar surface area (TPSA) is 6.48 Å². The van der Waals surface area contributed by atoms with Gasteiger partial charge >= 0.3 is 0 Å². The van der Waals surface area contributed by atoms with Gasteiger partial charge in [-0.15, -0.1) is 11.3 Å². The number of nitrogens with zero attached hydrogens (tertiary/aromatic N) is 2. The molecule has 296 valence electrons. The number of hydrogen-bond donors (Lipinski definition) is 0. The summed E-state index contributed by atoms with van der Waals surface area (Å²) >= 11 is 3.78. The van der Waals surface area contributed by atoms with Crippen molar-refractivity contribution in [2.75, 3.05) is 9.80 Å². The molecule has 2 aliphatic rings. The molecule has 1 aliphatic carbocycles. The molecule has 2 heterocycles. The zero-order valence-corrected chi connectivity index (χ0v) is 35.8. The van der Waals surface area contributed by atoms with Crippen molar-refractivity contribution in [3.05, 3.63) is 253 Å².